The molecule has 2 unspecified atom stereocenters. The molecule has 0 radical (unpaired) electrons. The Morgan fingerprint density at radius 2 is 1.51 bits per heavy atom. The van der Waals surface area contributed by atoms with E-state index in [2.05, 4.69) is 4.98 Å². The van der Waals surface area contributed by atoms with E-state index in [4.69, 9.17) is 0 Å². The van der Waals surface area contributed by atoms with Gasteiger partial charge in [0.05, 0.1) is 6.04 Å². The molecule has 0 bridgehead atoms. The van der Waals surface area contributed by atoms with Gasteiger partial charge in [-0.05, 0) is 36.2 Å². The first-order valence-corrected chi connectivity index (χ1v) is 10.7. The monoisotopic (exact) mass is 586 g/mol. The summed E-state index contributed by atoms with van der Waals surface area (Å²) in [6, 6.07) is -15.5. The number of carbonyl (C=O) groups is 1. The van der Waals surface area contributed by atoms with Crippen molar-refractivity contribution >= 4 is 22.5 Å². The fourth-order valence-electron chi connectivity index (χ4n) is 4.78. The van der Waals surface area contributed by atoms with E-state index >= 15 is 0 Å². The zero-order valence-electron chi connectivity index (χ0n) is 19.1. The lowest BCUT2D eigenvalue weighted by atomic mass is 9.80. The fourth-order valence-corrected chi connectivity index (χ4v) is 4.78. The zero-order chi connectivity index (χ0) is 29.5. The number of H-pyrrole nitrogens is 1. The SMILES string of the molecule is CN1CC(NC(=O)N(C(F)(F)C(F)(F)F)C(F)(F)C(F)(F)F)C=C2c3cccc4[nH]c(C(F)(F)F)c(c34)CC21. The summed E-state index contributed by atoms with van der Waals surface area (Å²) in [5, 5.41) is 1.44. The average Bonchev–Trinajstić information content (AvgIpc) is 3.13. The molecule has 2 aliphatic rings. The van der Waals surface area contributed by atoms with Gasteiger partial charge in [-0.2, -0.15) is 62.0 Å². The molecule has 2 amide bonds. The fraction of sp³-hybridized carbons (Fsp3) is 0.476. The van der Waals surface area contributed by atoms with Gasteiger partial charge in [0.25, 0.3) is 0 Å². The molecule has 1 aromatic heterocycles. The largest absolute Gasteiger partial charge is 0.475 e. The van der Waals surface area contributed by atoms with Gasteiger partial charge in [0, 0.05) is 23.5 Å². The number of carbonyl (C=O) groups excluding carboxylic acids is 1. The number of urea groups is 1. The molecule has 0 fully saturated rings. The quantitative estimate of drug-likeness (QED) is 0.336. The number of amides is 2. The predicted octanol–water partition coefficient (Wildman–Crippen LogP) is 6.13. The van der Waals surface area contributed by atoms with E-state index in [9.17, 15) is 61.9 Å². The summed E-state index contributed by atoms with van der Waals surface area (Å²) in [7, 11) is 1.27. The van der Waals surface area contributed by atoms with Crippen LogP contribution in [0.2, 0.25) is 0 Å². The highest BCUT2D eigenvalue weighted by molar-refractivity contribution is 5.99. The molecular formula is C21H15F13N4O. The minimum atomic E-state index is -7.01. The van der Waals surface area contributed by atoms with Crippen LogP contribution in [0.15, 0.2) is 24.3 Å². The third-order valence-corrected chi connectivity index (χ3v) is 6.43. The second kappa shape index (κ2) is 8.66. The molecule has 18 heteroatoms. The van der Waals surface area contributed by atoms with Crippen molar-refractivity contribution in [1.29, 1.82) is 0 Å². The number of aromatic amines is 1. The van der Waals surface area contributed by atoms with Crippen molar-refractivity contribution in [3.63, 3.8) is 0 Å². The van der Waals surface area contributed by atoms with Gasteiger partial charge in [0.1, 0.15) is 5.69 Å². The zero-order valence-corrected chi connectivity index (χ0v) is 19.1. The highest BCUT2D eigenvalue weighted by atomic mass is 19.4. The summed E-state index contributed by atoms with van der Waals surface area (Å²) in [5.41, 5.74) is -0.813. The number of hydrogen-bond donors (Lipinski definition) is 2. The summed E-state index contributed by atoms with van der Waals surface area (Å²) >= 11 is 0. The molecule has 0 saturated carbocycles. The smallest absolute Gasteiger partial charge is 0.351 e. The van der Waals surface area contributed by atoms with Gasteiger partial charge in [-0.25, -0.2) is 4.79 Å². The number of halogens is 13. The molecule has 39 heavy (non-hydrogen) atoms. The van der Waals surface area contributed by atoms with Crippen molar-refractivity contribution in [1.82, 2.24) is 20.1 Å². The standard InChI is InChI=1S/C21H15F13N4O/c1-37-7-8(35-16(39)38(20(31,32)18(25,26)27)21(33,34)19(28,29)30)5-10-9-3-2-4-12-14(9)11(6-13(10)37)15(36-12)17(22,23)24/h2-5,8,13,36H,6-7H2,1H3,(H,35,39). The van der Waals surface area contributed by atoms with E-state index < -0.39 is 65.9 Å². The molecule has 5 nitrogen and oxygen atoms in total. The molecule has 1 aromatic carbocycles. The molecule has 4 rings (SSSR count). The Kier molecular flexibility index (Phi) is 6.40. The molecule has 2 atom stereocenters. The maximum absolute atomic E-state index is 13.8. The summed E-state index contributed by atoms with van der Waals surface area (Å²) in [4.78, 5) is 12.8. The molecule has 1 aliphatic heterocycles. The van der Waals surface area contributed by atoms with E-state index in [-0.39, 0.29) is 34.0 Å². The lowest BCUT2D eigenvalue weighted by molar-refractivity contribution is -0.415. The van der Waals surface area contributed by atoms with Gasteiger partial charge >= 0.3 is 36.7 Å². The number of rotatable bonds is 3. The Hall–Kier alpha value is -3.18. The summed E-state index contributed by atoms with van der Waals surface area (Å²) < 4.78 is 173. The Morgan fingerprint density at radius 3 is 2.03 bits per heavy atom. The predicted molar refractivity (Wildman–Crippen MR) is 108 cm³/mol. The molecule has 1 aliphatic carbocycles. The lowest BCUT2D eigenvalue weighted by Gasteiger charge is -2.42. The van der Waals surface area contributed by atoms with Crippen molar-refractivity contribution in [3.8, 4) is 0 Å². The molecular weight excluding hydrogens is 571 g/mol. The second-order valence-electron chi connectivity index (χ2n) is 8.96. The number of alkyl halides is 13. The summed E-state index contributed by atoms with van der Waals surface area (Å²) in [6.45, 7) is -0.542. The Labute approximate surface area is 209 Å². The number of nitrogens with one attached hydrogen (secondary N) is 2. The van der Waals surface area contributed by atoms with Gasteiger partial charge in [-0.15, -0.1) is 0 Å². The van der Waals surface area contributed by atoms with Crippen LogP contribution in [-0.2, 0) is 12.6 Å². The number of hydrogen-bond acceptors (Lipinski definition) is 2. The molecule has 0 spiro atoms. The lowest BCUT2D eigenvalue weighted by Crippen LogP contribution is -2.69. The van der Waals surface area contributed by atoms with Crippen molar-refractivity contribution in [3.05, 3.63) is 41.1 Å². The Balaban J connectivity index is 1.76. The minimum absolute atomic E-state index is 0.0452. The Morgan fingerprint density at radius 1 is 0.949 bits per heavy atom. The minimum Gasteiger partial charge on any atom is -0.351 e. The van der Waals surface area contributed by atoms with Gasteiger partial charge < -0.3 is 10.3 Å². The van der Waals surface area contributed by atoms with Gasteiger partial charge in [0.15, 0.2) is 0 Å². The van der Waals surface area contributed by atoms with Crippen LogP contribution in [0.3, 0.4) is 0 Å². The molecule has 2 aromatic rings. The number of aromatic nitrogens is 1. The van der Waals surface area contributed by atoms with Crippen molar-refractivity contribution < 1.29 is 61.9 Å². The first-order chi connectivity index (χ1) is 17.6. The molecule has 216 valence electrons. The van der Waals surface area contributed by atoms with Crippen LogP contribution in [0.1, 0.15) is 16.8 Å². The van der Waals surface area contributed by atoms with Crippen molar-refractivity contribution in [2.24, 2.45) is 0 Å². The van der Waals surface area contributed by atoms with E-state index in [0.29, 0.717) is 0 Å². The van der Waals surface area contributed by atoms with Crippen LogP contribution in [-0.4, -0.2) is 70.9 Å². The number of likely N-dealkylation sites (N-methyl/N-ethyl adjacent to an activating group) is 1. The van der Waals surface area contributed by atoms with Crippen LogP contribution in [0, 0.1) is 0 Å². The second-order valence-corrected chi connectivity index (χ2v) is 8.96. The van der Waals surface area contributed by atoms with E-state index in [0.717, 1.165) is 6.08 Å². The van der Waals surface area contributed by atoms with Crippen molar-refractivity contribution in [2.45, 2.75) is 49.1 Å². The number of fused-ring (bicyclic) bond motifs is 2. The highest BCUT2D eigenvalue weighted by Gasteiger charge is 2.76. The van der Waals surface area contributed by atoms with E-state index in [1.165, 1.54) is 35.5 Å². The van der Waals surface area contributed by atoms with Crippen molar-refractivity contribution in [2.75, 3.05) is 13.6 Å². The summed E-state index contributed by atoms with van der Waals surface area (Å²) in [5.74, 6) is 0. The van der Waals surface area contributed by atoms with Gasteiger partial charge in [-0.3, -0.25) is 4.90 Å². The first kappa shape index (κ1) is 28.8. The highest BCUT2D eigenvalue weighted by Crippen LogP contribution is 2.49. The number of nitrogens with zero attached hydrogens (tertiary/aromatic N) is 2. The van der Waals surface area contributed by atoms with Gasteiger partial charge in [-0.1, -0.05) is 18.2 Å². The third kappa shape index (κ3) is 4.55. The third-order valence-electron chi connectivity index (χ3n) is 6.43. The summed E-state index contributed by atoms with van der Waals surface area (Å²) in [6.07, 6.45) is -18.0. The maximum atomic E-state index is 13.8. The van der Waals surface area contributed by atoms with E-state index in [1.54, 1.807) is 0 Å². The van der Waals surface area contributed by atoms with Gasteiger partial charge in [0.2, 0.25) is 0 Å². The van der Waals surface area contributed by atoms with Crippen LogP contribution in [0.4, 0.5) is 61.9 Å². The molecule has 0 saturated heterocycles. The normalized spacial score (nSPS) is 21.0. The molecule has 2 N–H and O–H groups in total. The Bertz CT molecular complexity index is 1300. The van der Waals surface area contributed by atoms with Crippen LogP contribution >= 0.6 is 0 Å². The average molecular weight is 586 g/mol. The maximum Gasteiger partial charge on any atom is 0.475 e. The first-order valence-electron chi connectivity index (χ1n) is 10.7. The van der Waals surface area contributed by atoms with E-state index in [1.807, 2.05) is 0 Å². The molecule has 2 heterocycles. The van der Waals surface area contributed by atoms with Crippen LogP contribution < -0.4 is 5.32 Å². The topological polar surface area (TPSA) is 51.4 Å². The van der Waals surface area contributed by atoms with Crippen LogP contribution in [0.5, 0.6) is 0 Å². The number of benzene rings is 1. The van der Waals surface area contributed by atoms with Crippen LogP contribution in [0.25, 0.3) is 16.5 Å².